The molecule has 3 rings (SSSR count). The Morgan fingerprint density at radius 1 is 0.963 bits per heavy atom. The minimum absolute atomic E-state index is 0.240. The second-order valence-corrected chi connectivity index (χ2v) is 6.03. The fourth-order valence-electron chi connectivity index (χ4n) is 2.40. The van der Waals surface area contributed by atoms with Crippen molar-refractivity contribution in [3.8, 4) is 0 Å². The number of hydrogen-bond acceptors (Lipinski definition) is 5. The van der Waals surface area contributed by atoms with Gasteiger partial charge in [0.05, 0.1) is 12.7 Å². The van der Waals surface area contributed by atoms with Gasteiger partial charge in [0.1, 0.15) is 5.69 Å². The topological polar surface area (TPSA) is 80.3 Å². The average molecular weight is 382 g/mol. The lowest BCUT2D eigenvalue weighted by molar-refractivity contribution is 0.0600. The average Bonchev–Trinajstić information content (AvgIpc) is 2.68. The summed E-state index contributed by atoms with van der Waals surface area (Å²) in [5.74, 6) is -0.779. The molecule has 6 nitrogen and oxygen atoms in total. The number of anilines is 3. The van der Waals surface area contributed by atoms with Gasteiger partial charge < -0.3 is 15.4 Å². The molecule has 0 atom stereocenters. The van der Waals surface area contributed by atoms with Crippen LogP contribution in [0.25, 0.3) is 0 Å². The number of esters is 1. The highest BCUT2D eigenvalue weighted by Crippen LogP contribution is 2.20. The van der Waals surface area contributed by atoms with Crippen LogP contribution in [0.3, 0.4) is 0 Å². The Morgan fingerprint density at radius 2 is 1.70 bits per heavy atom. The van der Waals surface area contributed by atoms with Gasteiger partial charge in [-0.15, -0.1) is 0 Å². The first-order chi connectivity index (χ1) is 13.0. The van der Waals surface area contributed by atoms with E-state index in [4.69, 9.17) is 16.3 Å². The van der Waals surface area contributed by atoms with E-state index < -0.39 is 5.97 Å². The number of methoxy groups -OCH3 is 1. The van der Waals surface area contributed by atoms with Gasteiger partial charge in [-0.3, -0.25) is 9.78 Å². The van der Waals surface area contributed by atoms with Gasteiger partial charge in [-0.05, 0) is 48.5 Å². The van der Waals surface area contributed by atoms with E-state index in [1.165, 1.54) is 13.3 Å². The number of carbonyl (C=O) groups excluding carboxylic acids is 2. The van der Waals surface area contributed by atoms with E-state index in [9.17, 15) is 9.59 Å². The number of pyridine rings is 1. The summed E-state index contributed by atoms with van der Waals surface area (Å²) in [5.41, 5.74) is 2.59. The summed E-state index contributed by atoms with van der Waals surface area (Å²) in [5, 5.41) is 6.42. The molecule has 0 fully saturated rings. The van der Waals surface area contributed by atoms with Gasteiger partial charge >= 0.3 is 5.97 Å². The molecule has 1 aromatic heterocycles. The highest BCUT2D eigenvalue weighted by atomic mass is 35.5. The molecule has 2 N–H and O–H groups in total. The third kappa shape index (κ3) is 4.83. The molecular formula is C20H16ClN3O3. The Labute approximate surface area is 161 Å². The zero-order chi connectivity index (χ0) is 19.2. The standard InChI is InChI=1S/C20H16ClN3O3/c1-27-20(26)13-4-2-6-15(10-13)23-17-8-9-22-18(12-17)19(25)24-16-7-3-5-14(21)11-16/h2-12H,1H3,(H,22,23)(H,24,25). The van der Waals surface area contributed by atoms with Gasteiger partial charge in [0.25, 0.3) is 5.91 Å². The molecule has 3 aromatic rings. The van der Waals surface area contributed by atoms with E-state index in [1.807, 2.05) is 0 Å². The number of amides is 1. The Balaban J connectivity index is 1.75. The van der Waals surface area contributed by atoms with Crippen LogP contribution >= 0.6 is 11.6 Å². The monoisotopic (exact) mass is 381 g/mol. The Kier molecular flexibility index (Phi) is 5.68. The molecule has 0 aliphatic heterocycles. The summed E-state index contributed by atoms with van der Waals surface area (Å²) >= 11 is 5.93. The van der Waals surface area contributed by atoms with E-state index >= 15 is 0 Å². The summed E-state index contributed by atoms with van der Waals surface area (Å²) in [6.07, 6.45) is 1.53. The molecular weight excluding hydrogens is 366 g/mol. The zero-order valence-electron chi connectivity index (χ0n) is 14.4. The fraction of sp³-hybridized carbons (Fsp3) is 0.0500. The number of ether oxygens (including phenoxy) is 1. The highest BCUT2D eigenvalue weighted by molar-refractivity contribution is 6.30. The maximum absolute atomic E-state index is 12.4. The number of halogens is 1. The van der Waals surface area contributed by atoms with E-state index in [0.29, 0.717) is 27.6 Å². The van der Waals surface area contributed by atoms with Crippen LogP contribution in [-0.2, 0) is 4.74 Å². The molecule has 0 saturated carbocycles. The minimum atomic E-state index is -0.421. The predicted octanol–water partition coefficient (Wildman–Crippen LogP) is 4.52. The van der Waals surface area contributed by atoms with Crippen LogP contribution in [0.15, 0.2) is 66.9 Å². The number of hydrogen-bond donors (Lipinski definition) is 2. The first-order valence-electron chi connectivity index (χ1n) is 8.03. The van der Waals surface area contributed by atoms with Crippen molar-refractivity contribution >= 4 is 40.5 Å². The van der Waals surface area contributed by atoms with Gasteiger partial charge in [0.2, 0.25) is 0 Å². The lowest BCUT2D eigenvalue weighted by atomic mass is 10.2. The molecule has 0 spiro atoms. The number of carbonyl (C=O) groups is 2. The van der Waals surface area contributed by atoms with Crippen LogP contribution < -0.4 is 10.6 Å². The van der Waals surface area contributed by atoms with Crippen molar-refractivity contribution in [1.29, 1.82) is 0 Å². The lowest BCUT2D eigenvalue weighted by Gasteiger charge is -2.09. The number of rotatable bonds is 5. The molecule has 1 amide bonds. The lowest BCUT2D eigenvalue weighted by Crippen LogP contribution is -2.13. The molecule has 0 saturated heterocycles. The third-order valence-corrected chi connectivity index (χ3v) is 3.88. The minimum Gasteiger partial charge on any atom is -0.465 e. The highest BCUT2D eigenvalue weighted by Gasteiger charge is 2.10. The summed E-state index contributed by atoms with van der Waals surface area (Å²) < 4.78 is 4.72. The molecule has 136 valence electrons. The SMILES string of the molecule is COC(=O)c1cccc(Nc2ccnc(C(=O)Nc3cccc(Cl)c3)c2)c1. The maximum Gasteiger partial charge on any atom is 0.337 e. The fourth-order valence-corrected chi connectivity index (χ4v) is 2.59. The van der Waals surface area contributed by atoms with E-state index in [1.54, 1.807) is 60.7 Å². The van der Waals surface area contributed by atoms with Crippen molar-refractivity contribution in [2.75, 3.05) is 17.7 Å². The van der Waals surface area contributed by atoms with Gasteiger partial charge in [-0.1, -0.05) is 23.7 Å². The van der Waals surface area contributed by atoms with Gasteiger partial charge in [0.15, 0.2) is 0 Å². The molecule has 0 aliphatic carbocycles. The molecule has 0 radical (unpaired) electrons. The smallest absolute Gasteiger partial charge is 0.337 e. The third-order valence-electron chi connectivity index (χ3n) is 3.65. The van der Waals surface area contributed by atoms with Crippen molar-refractivity contribution in [2.45, 2.75) is 0 Å². The summed E-state index contributed by atoms with van der Waals surface area (Å²) in [4.78, 5) is 28.1. The molecule has 0 bridgehead atoms. The van der Waals surface area contributed by atoms with Crippen LogP contribution in [0.5, 0.6) is 0 Å². The molecule has 1 heterocycles. The van der Waals surface area contributed by atoms with Crippen molar-refractivity contribution in [3.63, 3.8) is 0 Å². The van der Waals surface area contributed by atoms with Gasteiger partial charge in [-0.25, -0.2) is 4.79 Å². The summed E-state index contributed by atoms with van der Waals surface area (Å²) in [6.45, 7) is 0. The molecule has 7 heteroatoms. The number of nitrogens with one attached hydrogen (secondary N) is 2. The second-order valence-electron chi connectivity index (χ2n) is 5.59. The predicted molar refractivity (Wildman–Crippen MR) is 105 cm³/mol. The van der Waals surface area contributed by atoms with Crippen molar-refractivity contribution in [1.82, 2.24) is 4.98 Å². The van der Waals surface area contributed by atoms with Crippen LogP contribution in [0, 0.1) is 0 Å². The zero-order valence-corrected chi connectivity index (χ0v) is 15.2. The molecule has 27 heavy (non-hydrogen) atoms. The number of aromatic nitrogens is 1. The maximum atomic E-state index is 12.4. The van der Waals surface area contributed by atoms with Gasteiger partial charge in [-0.2, -0.15) is 0 Å². The summed E-state index contributed by atoms with van der Waals surface area (Å²) in [6, 6.07) is 17.1. The van der Waals surface area contributed by atoms with E-state index in [0.717, 1.165) is 0 Å². The van der Waals surface area contributed by atoms with E-state index in [-0.39, 0.29) is 11.6 Å². The Hall–Kier alpha value is -3.38. The first kappa shape index (κ1) is 18.4. The Morgan fingerprint density at radius 3 is 2.48 bits per heavy atom. The van der Waals surface area contributed by atoms with Gasteiger partial charge in [0, 0.05) is 28.3 Å². The van der Waals surface area contributed by atoms with Crippen molar-refractivity contribution < 1.29 is 14.3 Å². The van der Waals surface area contributed by atoms with Crippen LogP contribution in [-0.4, -0.2) is 24.0 Å². The number of benzene rings is 2. The quantitative estimate of drug-likeness (QED) is 0.635. The number of nitrogens with zero attached hydrogens (tertiary/aromatic N) is 1. The molecule has 2 aromatic carbocycles. The van der Waals surface area contributed by atoms with Crippen LogP contribution in [0.2, 0.25) is 5.02 Å². The van der Waals surface area contributed by atoms with E-state index in [2.05, 4.69) is 15.6 Å². The summed E-state index contributed by atoms with van der Waals surface area (Å²) in [7, 11) is 1.33. The van der Waals surface area contributed by atoms with Crippen LogP contribution in [0.1, 0.15) is 20.8 Å². The first-order valence-corrected chi connectivity index (χ1v) is 8.41. The largest absolute Gasteiger partial charge is 0.465 e. The van der Waals surface area contributed by atoms with Crippen molar-refractivity contribution in [2.24, 2.45) is 0 Å². The Bertz CT molecular complexity index is 991. The van der Waals surface area contributed by atoms with Crippen molar-refractivity contribution in [3.05, 3.63) is 83.1 Å². The molecule has 0 unspecified atom stereocenters. The van der Waals surface area contributed by atoms with Crippen LogP contribution in [0.4, 0.5) is 17.1 Å². The molecule has 0 aliphatic rings. The second kappa shape index (κ2) is 8.33. The normalized spacial score (nSPS) is 10.1.